The summed E-state index contributed by atoms with van der Waals surface area (Å²) in [6.07, 6.45) is 1.49. The number of carbonyl (C=O) groups excluding carboxylic acids is 2. The zero-order valence-corrected chi connectivity index (χ0v) is 18.7. The monoisotopic (exact) mass is 472 g/mol. The summed E-state index contributed by atoms with van der Waals surface area (Å²) in [5.74, 6) is -0.700. The Balaban J connectivity index is 1.54. The fourth-order valence-electron chi connectivity index (χ4n) is 3.84. The summed E-state index contributed by atoms with van der Waals surface area (Å²) in [7, 11) is 0. The molecule has 9 heteroatoms. The molecule has 168 valence electrons. The van der Waals surface area contributed by atoms with E-state index in [1.165, 1.54) is 16.7 Å². The van der Waals surface area contributed by atoms with Crippen LogP contribution < -0.4 is 0 Å². The number of carbonyl (C=O) groups is 2. The van der Waals surface area contributed by atoms with E-state index in [-0.39, 0.29) is 29.9 Å². The number of pyridine rings is 1. The zero-order chi connectivity index (χ0) is 23.8. The Morgan fingerprint density at radius 2 is 1.85 bits per heavy atom. The molecule has 0 bridgehead atoms. The number of hydrogen-bond acceptors (Lipinski definition) is 7. The molecule has 2 aromatic carbocycles. The van der Waals surface area contributed by atoms with Crippen LogP contribution in [0.25, 0.3) is 22.5 Å². The number of rotatable bonds is 5. The summed E-state index contributed by atoms with van der Waals surface area (Å²) in [6, 6.07) is 16.5. The Morgan fingerprint density at radius 1 is 1.06 bits per heavy atom. The predicted octanol–water partition coefficient (Wildman–Crippen LogP) is 4.87. The Bertz CT molecular complexity index is 1540. The lowest BCUT2D eigenvalue weighted by Gasteiger charge is -2.08. The lowest BCUT2D eigenvalue weighted by Crippen LogP contribution is -2.14. The molecule has 0 unspecified atom stereocenters. The smallest absolute Gasteiger partial charge is 0.284 e. The van der Waals surface area contributed by atoms with Crippen LogP contribution >= 0.6 is 11.6 Å². The summed E-state index contributed by atoms with van der Waals surface area (Å²) < 4.78 is 7.07. The number of fused-ring (bicyclic) bond motifs is 1. The van der Waals surface area contributed by atoms with Crippen molar-refractivity contribution in [1.29, 1.82) is 0 Å². The van der Waals surface area contributed by atoms with Gasteiger partial charge in [0.05, 0.1) is 5.52 Å². The number of aromatic nitrogens is 4. The molecule has 0 saturated heterocycles. The number of nitrogens with zero attached hydrogens (tertiary/aromatic N) is 4. The van der Waals surface area contributed by atoms with Crippen molar-refractivity contribution in [3.63, 3.8) is 0 Å². The summed E-state index contributed by atoms with van der Waals surface area (Å²) in [5, 5.41) is 19.0. The van der Waals surface area contributed by atoms with E-state index >= 15 is 0 Å². The first-order chi connectivity index (χ1) is 16.4. The summed E-state index contributed by atoms with van der Waals surface area (Å²) in [4.78, 5) is 30.5. The van der Waals surface area contributed by atoms with Gasteiger partial charge in [-0.25, -0.2) is 0 Å². The Morgan fingerprint density at radius 3 is 2.59 bits per heavy atom. The second kappa shape index (κ2) is 8.57. The molecule has 0 aliphatic carbocycles. The van der Waals surface area contributed by atoms with Gasteiger partial charge in [-0.05, 0) is 67.1 Å². The Kier molecular flexibility index (Phi) is 5.43. The molecule has 5 rings (SSSR count). The van der Waals surface area contributed by atoms with Crippen molar-refractivity contribution in [1.82, 2.24) is 19.7 Å². The highest BCUT2D eigenvalue weighted by molar-refractivity contribution is 6.30. The maximum absolute atomic E-state index is 13.3. The van der Waals surface area contributed by atoms with E-state index in [0.717, 1.165) is 0 Å². The fraction of sp³-hybridized carbons (Fsp3) is 0.0800. The molecule has 1 N–H and O–H groups in total. The summed E-state index contributed by atoms with van der Waals surface area (Å²) in [6.45, 7) is 1.75. The van der Waals surface area contributed by atoms with E-state index in [9.17, 15) is 14.7 Å². The quantitative estimate of drug-likeness (QED) is 0.363. The van der Waals surface area contributed by atoms with Gasteiger partial charge in [-0.1, -0.05) is 17.7 Å². The lowest BCUT2D eigenvalue weighted by atomic mass is 10.0. The van der Waals surface area contributed by atoms with Crippen LogP contribution in [0.2, 0.25) is 5.02 Å². The zero-order valence-electron chi connectivity index (χ0n) is 17.9. The highest BCUT2D eigenvalue weighted by atomic mass is 35.5. The maximum Gasteiger partial charge on any atom is 0.284 e. The van der Waals surface area contributed by atoms with E-state index < -0.39 is 5.78 Å². The predicted molar refractivity (Wildman–Crippen MR) is 125 cm³/mol. The van der Waals surface area contributed by atoms with E-state index in [1.54, 1.807) is 61.7 Å². The minimum atomic E-state index is -0.417. The molecule has 8 nitrogen and oxygen atoms in total. The molecule has 34 heavy (non-hydrogen) atoms. The Hall–Kier alpha value is -4.30. The average Bonchev–Trinajstić information content (AvgIpc) is 3.44. The van der Waals surface area contributed by atoms with Gasteiger partial charge in [-0.2, -0.15) is 0 Å². The molecule has 0 radical (unpaired) electrons. The number of hydrogen-bond donors (Lipinski definition) is 1. The third kappa shape index (κ3) is 3.84. The number of Topliss-reactive ketones (excluding diaryl/α,β-unsaturated/α-hetero) is 1. The van der Waals surface area contributed by atoms with E-state index in [2.05, 4.69) is 15.2 Å². The summed E-state index contributed by atoms with van der Waals surface area (Å²) >= 11 is 5.96. The number of halogens is 1. The number of phenolic OH excluding ortho intramolecular Hbond substituents is 1. The third-order valence-electron chi connectivity index (χ3n) is 5.50. The van der Waals surface area contributed by atoms with Crippen LogP contribution in [-0.2, 0) is 6.42 Å². The molecule has 0 aliphatic rings. The van der Waals surface area contributed by atoms with Crippen molar-refractivity contribution in [2.24, 2.45) is 0 Å². The lowest BCUT2D eigenvalue weighted by molar-refractivity contribution is 0.0948. The van der Waals surface area contributed by atoms with Crippen LogP contribution in [0.1, 0.15) is 32.3 Å². The average molecular weight is 473 g/mol. The van der Waals surface area contributed by atoms with Gasteiger partial charge in [0.15, 0.2) is 0 Å². The SMILES string of the molecule is Cc1c(CC(=O)c2nnc(-c3ccccn3)o2)c2cc(O)ccc2n1C(=O)c1ccc(Cl)cc1. The Labute approximate surface area is 198 Å². The van der Waals surface area contributed by atoms with Crippen LogP contribution in [0.3, 0.4) is 0 Å². The van der Waals surface area contributed by atoms with Gasteiger partial charge in [0.25, 0.3) is 17.7 Å². The molecule has 3 heterocycles. The number of benzene rings is 2. The molecule has 0 aliphatic heterocycles. The minimum absolute atomic E-state index is 0.0209. The highest BCUT2D eigenvalue weighted by Crippen LogP contribution is 2.31. The molecule has 5 aromatic rings. The van der Waals surface area contributed by atoms with Crippen LogP contribution in [0.5, 0.6) is 5.75 Å². The molecule has 0 spiro atoms. The van der Waals surface area contributed by atoms with Crippen molar-refractivity contribution < 1.29 is 19.1 Å². The van der Waals surface area contributed by atoms with Gasteiger partial charge in [0, 0.05) is 34.3 Å². The molecular formula is C25H17ClN4O4. The number of ketones is 1. The van der Waals surface area contributed by atoms with E-state index in [1.807, 2.05) is 0 Å². The van der Waals surface area contributed by atoms with Gasteiger partial charge in [0.2, 0.25) is 5.78 Å². The molecule has 0 saturated carbocycles. The molecule has 0 atom stereocenters. The minimum Gasteiger partial charge on any atom is -0.508 e. The summed E-state index contributed by atoms with van der Waals surface area (Å²) in [5.41, 5.74) is 2.61. The van der Waals surface area contributed by atoms with Crippen molar-refractivity contribution in [2.75, 3.05) is 0 Å². The van der Waals surface area contributed by atoms with E-state index in [4.69, 9.17) is 16.0 Å². The second-order valence-electron chi connectivity index (χ2n) is 7.64. The second-order valence-corrected chi connectivity index (χ2v) is 8.08. The molecule has 3 aromatic heterocycles. The largest absolute Gasteiger partial charge is 0.508 e. The first kappa shape index (κ1) is 21.5. The van der Waals surface area contributed by atoms with Crippen molar-refractivity contribution in [2.45, 2.75) is 13.3 Å². The van der Waals surface area contributed by atoms with Crippen LogP contribution in [0.15, 0.2) is 71.3 Å². The van der Waals surface area contributed by atoms with Crippen LogP contribution in [-0.4, -0.2) is 36.5 Å². The standard InChI is InChI=1S/C25H17ClN4O4/c1-14-18(13-22(32)24-29-28-23(34-24)20-4-2-3-11-27-20)19-12-17(31)9-10-21(19)30(14)25(33)15-5-7-16(26)8-6-15/h2-12,31H,13H2,1H3. The number of phenols is 1. The van der Waals surface area contributed by atoms with Crippen LogP contribution in [0, 0.1) is 6.92 Å². The van der Waals surface area contributed by atoms with Crippen molar-refractivity contribution in [3.05, 3.63) is 94.6 Å². The molecule has 0 fully saturated rings. The first-order valence-corrected chi connectivity index (χ1v) is 10.7. The molecule has 0 amide bonds. The highest BCUT2D eigenvalue weighted by Gasteiger charge is 2.24. The van der Waals surface area contributed by atoms with Crippen molar-refractivity contribution in [3.8, 4) is 17.3 Å². The van der Waals surface area contributed by atoms with Crippen molar-refractivity contribution >= 4 is 34.2 Å². The van der Waals surface area contributed by atoms with Gasteiger partial charge in [-0.3, -0.25) is 19.1 Å². The van der Waals surface area contributed by atoms with Gasteiger partial charge in [-0.15, -0.1) is 10.2 Å². The maximum atomic E-state index is 13.3. The third-order valence-corrected chi connectivity index (χ3v) is 5.75. The van der Waals surface area contributed by atoms with Crippen LogP contribution in [0.4, 0.5) is 0 Å². The number of aromatic hydroxyl groups is 1. The molecular weight excluding hydrogens is 456 g/mol. The van der Waals surface area contributed by atoms with E-state index in [0.29, 0.717) is 38.4 Å². The normalized spacial score (nSPS) is 11.1. The van der Waals surface area contributed by atoms with Gasteiger partial charge >= 0.3 is 0 Å². The van der Waals surface area contributed by atoms with Gasteiger partial charge in [0.1, 0.15) is 11.4 Å². The first-order valence-electron chi connectivity index (χ1n) is 10.3. The van der Waals surface area contributed by atoms with Gasteiger partial charge < -0.3 is 9.52 Å². The topological polar surface area (TPSA) is 111 Å². The fourth-order valence-corrected chi connectivity index (χ4v) is 3.97.